The zero-order valence-electron chi connectivity index (χ0n) is 13.9. The largest absolute Gasteiger partial charge is 0.387 e. The van der Waals surface area contributed by atoms with Crippen LogP contribution in [0.5, 0.6) is 0 Å². The van der Waals surface area contributed by atoms with E-state index in [9.17, 15) is 5.11 Å². The fourth-order valence-electron chi connectivity index (χ4n) is 3.64. The highest BCUT2D eigenvalue weighted by atomic mass is 16.3. The molecular weight excluding hydrogens is 282 g/mol. The van der Waals surface area contributed by atoms with Crippen molar-refractivity contribution in [3.63, 3.8) is 0 Å². The summed E-state index contributed by atoms with van der Waals surface area (Å²) in [6.45, 7) is 4.32. The Labute approximate surface area is 139 Å². The Hall–Kier alpha value is -1.64. The van der Waals surface area contributed by atoms with Crippen LogP contribution in [0.4, 0.5) is 0 Å². The lowest BCUT2D eigenvalue weighted by molar-refractivity contribution is 0.0373. The number of aliphatic hydroxyl groups excluding tert-OH is 1. The van der Waals surface area contributed by atoms with Crippen molar-refractivity contribution in [3.05, 3.63) is 71.8 Å². The molecule has 1 fully saturated rings. The van der Waals surface area contributed by atoms with Gasteiger partial charge in [0.1, 0.15) is 0 Å². The number of likely N-dealkylation sites (tertiary alicyclic amines) is 1. The predicted molar refractivity (Wildman–Crippen MR) is 95.3 cm³/mol. The minimum atomic E-state index is -0.401. The summed E-state index contributed by atoms with van der Waals surface area (Å²) >= 11 is 0. The molecule has 1 N–H and O–H groups in total. The second-order valence-electron chi connectivity index (χ2n) is 6.77. The summed E-state index contributed by atoms with van der Waals surface area (Å²) in [5.41, 5.74) is 2.47. The highest BCUT2D eigenvalue weighted by Gasteiger charge is 2.27. The van der Waals surface area contributed by atoms with Crippen molar-refractivity contribution in [1.29, 1.82) is 0 Å². The molecule has 23 heavy (non-hydrogen) atoms. The average molecular weight is 309 g/mol. The van der Waals surface area contributed by atoms with Crippen molar-refractivity contribution in [2.24, 2.45) is 5.92 Å². The molecule has 0 bridgehead atoms. The lowest BCUT2D eigenvalue weighted by Gasteiger charge is -2.38. The summed E-state index contributed by atoms with van der Waals surface area (Å²) in [7, 11) is 0. The van der Waals surface area contributed by atoms with Crippen molar-refractivity contribution in [1.82, 2.24) is 4.90 Å². The maximum Gasteiger partial charge on any atom is 0.0942 e. The van der Waals surface area contributed by atoms with Gasteiger partial charge in [0, 0.05) is 6.04 Å². The average Bonchev–Trinajstić information content (AvgIpc) is 2.63. The zero-order valence-corrected chi connectivity index (χ0v) is 13.9. The van der Waals surface area contributed by atoms with E-state index in [-0.39, 0.29) is 6.04 Å². The second kappa shape index (κ2) is 7.76. The molecule has 0 radical (unpaired) electrons. The Morgan fingerprint density at radius 1 is 0.957 bits per heavy atom. The van der Waals surface area contributed by atoms with E-state index in [1.807, 2.05) is 30.3 Å². The van der Waals surface area contributed by atoms with Gasteiger partial charge in [0.15, 0.2) is 0 Å². The van der Waals surface area contributed by atoms with Crippen LogP contribution in [-0.2, 0) is 6.42 Å². The van der Waals surface area contributed by atoms with Gasteiger partial charge in [0.2, 0.25) is 0 Å². The SMILES string of the molecule is C[C@@H]([C@H](O)c1ccccc1)N1CCC(Cc2ccccc2)CC1. The van der Waals surface area contributed by atoms with Crippen LogP contribution in [-0.4, -0.2) is 29.1 Å². The van der Waals surface area contributed by atoms with Crippen LogP contribution in [0.25, 0.3) is 0 Å². The molecule has 2 aromatic rings. The van der Waals surface area contributed by atoms with Gasteiger partial charge in [-0.1, -0.05) is 60.7 Å². The molecule has 0 amide bonds. The van der Waals surface area contributed by atoms with Crippen molar-refractivity contribution >= 4 is 0 Å². The van der Waals surface area contributed by atoms with Crippen LogP contribution in [0.1, 0.15) is 37.0 Å². The molecule has 3 rings (SSSR count). The summed E-state index contributed by atoms with van der Waals surface area (Å²) in [6, 6.07) is 21.0. The van der Waals surface area contributed by atoms with Gasteiger partial charge in [-0.05, 0) is 56.3 Å². The topological polar surface area (TPSA) is 23.5 Å². The molecule has 1 saturated heterocycles. The number of benzene rings is 2. The van der Waals surface area contributed by atoms with Gasteiger partial charge >= 0.3 is 0 Å². The van der Waals surface area contributed by atoms with Crippen LogP contribution < -0.4 is 0 Å². The van der Waals surface area contributed by atoms with Crippen molar-refractivity contribution in [2.45, 2.75) is 38.3 Å². The lowest BCUT2D eigenvalue weighted by Crippen LogP contribution is -2.43. The molecule has 0 aromatic heterocycles. The van der Waals surface area contributed by atoms with Gasteiger partial charge < -0.3 is 5.11 Å². The Kier molecular flexibility index (Phi) is 5.47. The summed E-state index contributed by atoms with van der Waals surface area (Å²) in [5, 5.41) is 10.6. The molecule has 2 heteroatoms. The standard InChI is InChI=1S/C21H27NO/c1-17(21(23)20-10-6-3-7-11-20)22-14-12-19(13-15-22)16-18-8-4-2-5-9-18/h2-11,17,19,21,23H,12-16H2,1H3/t17-,21-/m0/s1. The number of rotatable bonds is 5. The number of hydrogen-bond donors (Lipinski definition) is 1. The van der Waals surface area contributed by atoms with Gasteiger partial charge in [-0.15, -0.1) is 0 Å². The van der Waals surface area contributed by atoms with E-state index in [0.717, 1.165) is 24.6 Å². The Bertz CT molecular complexity index is 575. The van der Waals surface area contributed by atoms with E-state index in [1.165, 1.54) is 24.8 Å². The number of piperidine rings is 1. The van der Waals surface area contributed by atoms with Crippen LogP contribution in [0, 0.1) is 5.92 Å². The molecule has 122 valence electrons. The first-order chi connectivity index (χ1) is 11.2. The number of hydrogen-bond acceptors (Lipinski definition) is 2. The van der Waals surface area contributed by atoms with Crippen LogP contribution in [0.15, 0.2) is 60.7 Å². The van der Waals surface area contributed by atoms with E-state index in [0.29, 0.717) is 0 Å². The van der Waals surface area contributed by atoms with Crippen molar-refractivity contribution in [2.75, 3.05) is 13.1 Å². The van der Waals surface area contributed by atoms with Gasteiger partial charge in [-0.2, -0.15) is 0 Å². The Morgan fingerprint density at radius 2 is 1.52 bits per heavy atom. The number of nitrogens with zero attached hydrogens (tertiary/aromatic N) is 1. The molecule has 0 unspecified atom stereocenters. The van der Waals surface area contributed by atoms with E-state index >= 15 is 0 Å². The molecule has 1 aliphatic rings. The fraction of sp³-hybridized carbons (Fsp3) is 0.429. The van der Waals surface area contributed by atoms with Crippen LogP contribution in [0.2, 0.25) is 0 Å². The summed E-state index contributed by atoms with van der Waals surface area (Å²) in [5.74, 6) is 0.773. The molecule has 2 atom stereocenters. The molecule has 1 heterocycles. The zero-order chi connectivity index (χ0) is 16.1. The van der Waals surface area contributed by atoms with E-state index < -0.39 is 6.10 Å². The van der Waals surface area contributed by atoms with Gasteiger partial charge in [-0.25, -0.2) is 0 Å². The van der Waals surface area contributed by atoms with Crippen LogP contribution in [0.3, 0.4) is 0 Å². The van der Waals surface area contributed by atoms with Gasteiger partial charge in [0.25, 0.3) is 0 Å². The third-order valence-corrected chi connectivity index (χ3v) is 5.19. The van der Waals surface area contributed by atoms with E-state index in [2.05, 4.69) is 42.2 Å². The first-order valence-electron chi connectivity index (χ1n) is 8.75. The second-order valence-corrected chi connectivity index (χ2v) is 6.77. The maximum atomic E-state index is 10.6. The van der Waals surface area contributed by atoms with Gasteiger partial charge in [-0.3, -0.25) is 4.90 Å². The molecule has 2 aromatic carbocycles. The highest BCUT2D eigenvalue weighted by molar-refractivity contribution is 5.19. The van der Waals surface area contributed by atoms with E-state index in [4.69, 9.17) is 0 Å². The molecule has 0 spiro atoms. The van der Waals surface area contributed by atoms with Crippen LogP contribution >= 0.6 is 0 Å². The van der Waals surface area contributed by atoms with Gasteiger partial charge in [0.05, 0.1) is 6.10 Å². The molecule has 1 aliphatic heterocycles. The molecule has 0 saturated carbocycles. The minimum absolute atomic E-state index is 0.176. The number of aliphatic hydroxyl groups is 1. The quantitative estimate of drug-likeness (QED) is 0.900. The third kappa shape index (κ3) is 4.21. The lowest BCUT2D eigenvalue weighted by atomic mass is 9.89. The van der Waals surface area contributed by atoms with Crippen molar-refractivity contribution < 1.29 is 5.11 Å². The first kappa shape index (κ1) is 16.2. The molecule has 0 aliphatic carbocycles. The Morgan fingerprint density at radius 3 is 2.13 bits per heavy atom. The Balaban J connectivity index is 1.52. The molecular formula is C21H27NO. The summed E-state index contributed by atoms with van der Waals surface area (Å²) < 4.78 is 0. The minimum Gasteiger partial charge on any atom is -0.387 e. The first-order valence-corrected chi connectivity index (χ1v) is 8.75. The highest BCUT2D eigenvalue weighted by Crippen LogP contribution is 2.27. The monoisotopic (exact) mass is 309 g/mol. The third-order valence-electron chi connectivity index (χ3n) is 5.19. The predicted octanol–water partition coefficient (Wildman–Crippen LogP) is 4.06. The van der Waals surface area contributed by atoms with E-state index in [1.54, 1.807) is 0 Å². The maximum absolute atomic E-state index is 10.6. The van der Waals surface area contributed by atoms with Crippen molar-refractivity contribution in [3.8, 4) is 0 Å². The summed E-state index contributed by atoms with van der Waals surface area (Å²) in [6.07, 6.45) is 3.23. The normalized spacial score (nSPS) is 19.4. The fourth-order valence-corrected chi connectivity index (χ4v) is 3.64. The summed E-state index contributed by atoms with van der Waals surface area (Å²) in [4.78, 5) is 2.44. The molecule has 2 nitrogen and oxygen atoms in total. The smallest absolute Gasteiger partial charge is 0.0942 e.